The Labute approximate surface area is 114 Å². The number of hydrogen-bond acceptors (Lipinski definition) is 5. The van der Waals surface area contributed by atoms with Crippen LogP contribution in [0.1, 0.15) is 10.4 Å². The number of carboxylic acid groups (broad SMARTS) is 1. The molecule has 0 spiro atoms. The second-order valence-electron chi connectivity index (χ2n) is 3.85. The van der Waals surface area contributed by atoms with Crippen LogP contribution in [0.15, 0.2) is 30.5 Å². The third kappa shape index (κ3) is 3.10. The highest BCUT2D eigenvalue weighted by Crippen LogP contribution is 2.18. The molecule has 20 heavy (non-hydrogen) atoms. The van der Waals surface area contributed by atoms with Gasteiger partial charge in [0.15, 0.2) is 5.82 Å². The molecule has 2 aromatic rings. The van der Waals surface area contributed by atoms with Crippen molar-refractivity contribution in [3.8, 4) is 5.75 Å². The molecule has 1 aromatic carbocycles. The van der Waals surface area contributed by atoms with Gasteiger partial charge in [0.05, 0.1) is 18.9 Å². The minimum Gasteiger partial charge on any atom is -0.496 e. The molecule has 104 valence electrons. The zero-order chi connectivity index (χ0) is 14.5. The van der Waals surface area contributed by atoms with Crippen LogP contribution in [0.4, 0.5) is 5.82 Å². The fraction of sp³-hybridized carbons (Fsp3) is 0.167. The van der Waals surface area contributed by atoms with Gasteiger partial charge in [-0.3, -0.25) is 9.59 Å². The number of nitrogens with zero attached hydrogens (tertiary/aromatic N) is 3. The highest BCUT2D eigenvalue weighted by molar-refractivity contribution is 6.05. The molecule has 1 heterocycles. The molecule has 0 aliphatic heterocycles. The van der Waals surface area contributed by atoms with Gasteiger partial charge in [-0.15, -0.1) is 5.10 Å². The molecule has 0 atom stereocenters. The smallest absolute Gasteiger partial charge is 0.325 e. The summed E-state index contributed by atoms with van der Waals surface area (Å²) in [5, 5.41) is 18.4. The van der Waals surface area contributed by atoms with Gasteiger partial charge in [-0.1, -0.05) is 17.3 Å². The summed E-state index contributed by atoms with van der Waals surface area (Å²) in [6.07, 6.45) is 1.33. The number of anilines is 1. The number of benzene rings is 1. The normalized spacial score (nSPS) is 10.1. The monoisotopic (exact) mass is 276 g/mol. The van der Waals surface area contributed by atoms with Gasteiger partial charge in [0.1, 0.15) is 12.3 Å². The molecule has 1 amide bonds. The number of nitrogens with one attached hydrogen (secondary N) is 1. The van der Waals surface area contributed by atoms with Gasteiger partial charge in [-0.2, -0.15) is 0 Å². The fourth-order valence-corrected chi connectivity index (χ4v) is 1.59. The molecular weight excluding hydrogens is 264 g/mol. The summed E-state index contributed by atoms with van der Waals surface area (Å²) in [4.78, 5) is 22.6. The highest BCUT2D eigenvalue weighted by Gasteiger charge is 2.13. The largest absolute Gasteiger partial charge is 0.496 e. The summed E-state index contributed by atoms with van der Waals surface area (Å²) in [5.74, 6) is -0.854. The Bertz CT molecular complexity index is 638. The van der Waals surface area contributed by atoms with Crippen LogP contribution >= 0.6 is 0 Å². The van der Waals surface area contributed by atoms with Crippen molar-refractivity contribution in [3.05, 3.63) is 36.0 Å². The molecule has 0 aliphatic carbocycles. The molecule has 0 saturated heterocycles. The van der Waals surface area contributed by atoms with Crippen LogP contribution in [-0.4, -0.2) is 39.1 Å². The van der Waals surface area contributed by atoms with Gasteiger partial charge in [-0.25, -0.2) is 4.68 Å². The number of amides is 1. The van der Waals surface area contributed by atoms with Crippen molar-refractivity contribution in [2.45, 2.75) is 6.54 Å². The average Bonchev–Trinajstić information content (AvgIpc) is 2.85. The van der Waals surface area contributed by atoms with E-state index in [0.29, 0.717) is 11.3 Å². The van der Waals surface area contributed by atoms with Crippen molar-refractivity contribution in [2.24, 2.45) is 0 Å². The first-order chi connectivity index (χ1) is 9.60. The van der Waals surface area contributed by atoms with Crippen LogP contribution in [-0.2, 0) is 11.3 Å². The lowest BCUT2D eigenvalue weighted by molar-refractivity contribution is -0.137. The summed E-state index contributed by atoms with van der Waals surface area (Å²) in [7, 11) is 1.47. The number of hydrogen-bond donors (Lipinski definition) is 2. The standard InChI is InChI=1S/C12H12N4O4/c1-20-9-5-3-2-4-8(9)12(19)13-10-6-16(15-14-10)7-11(17)18/h2-6H,7H2,1H3,(H,13,19)(H,17,18). The Morgan fingerprint density at radius 2 is 2.15 bits per heavy atom. The number of aromatic nitrogens is 3. The summed E-state index contributed by atoms with van der Waals surface area (Å²) in [6.45, 7) is -0.322. The van der Waals surface area contributed by atoms with Crippen molar-refractivity contribution < 1.29 is 19.4 Å². The molecule has 2 rings (SSSR count). The van der Waals surface area contributed by atoms with Crippen LogP contribution in [0.5, 0.6) is 5.75 Å². The minimum absolute atomic E-state index is 0.169. The van der Waals surface area contributed by atoms with E-state index in [1.165, 1.54) is 13.3 Å². The lowest BCUT2D eigenvalue weighted by atomic mass is 10.2. The van der Waals surface area contributed by atoms with Crippen molar-refractivity contribution in [1.82, 2.24) is 15.0 Å². The first-order valence-electron chi connectivity index (χ1n) is 5.66. The maximum atomic E-state index is 12.0. The maximum absolute atomic E-state index is 12.0. The van der Waals surface area contributed by atoms with Gasteiger partial charge in [0.2, 0.25) is 0 Å². The first-order valence-corrected chi connectivity index (χ1v) is 5.66. The molecule has 2 N–H and O–H groups in total. The quantitative estimate of drug-likeness (QED) is 0.829. The van der Waals surface area contributed by atoms with Crippen LogP contribution in [0.2, 0.25) is 0 Å². The lowest BCUT2D eigenvalue weighted by Crippen LogP contribution is -2.13. The van der Waals surface area contributed by atoms with Crippen molar-refractivity contribution >= 4 is 17.7 Å². The predicted octanol–water partition coefficient (Wildman–Crippen LogP) is 0.624. The predicted molar refractivity (Wildman–Crippen MR) is 68.6 cm³/mol. The first kappa shape index (κ1) is 13.5. The molecule has 0 unspecified atom stereocenters. The van der Waals surface area contributed by atoms with Crippen LogP contribution in [0.25, 0.3) is 0 Å². The molecule has 8 nitrogen and oxygen atoms in total. The van der Waals surface area contributed by atoms with E-state index in [-0.39, 0.29) is 12.4 Å². The number of carboxylic acids is 1. The summed E-state index contributed by atoms with van der Waals surface area (Å²) in [6, 6.07) is 6.73. The van der Waals surface area contributed by atoms with Crippen molar-refractivity contribution in [2.75, 3.05) is 12.4 Å². The molecule has 8 heteroatoms. The zero-order valence-corrected chi connectivity index (χ0v) is 10.6. The number of aliphatic carboxylic acids is 1. The van der Waals surface area contributed by atoms with E-state index >= 15 is 0 Å². The Morgan fingerprint density at radius 1 is 1.40 bits per heavy atom. The Morgan fingerprint density at radius 3 is 2.85 bits per heavy atom. The van der Waals surface area contributed by atoms with E-state index < -0.39 is 11.9 Å². The molecule has 1 aromatic heterocycles. The second kappa shape index (κ2) is 5.83. The zero-order valence-electron chi connectivity index (χ0n) is 10.6. The van der Waals surface area contributed by atoms with Crippen molar-refractivity contribution in [1.29, 1.82) is 0 Å². The van der Waals surface area contributed by atoms with Gasteiger partial charge in [0, 0.05) is 0 Å². The minimum atomic E-state index is -1.04. The molecule has 0 radical (unpaired) electrons. The van der Waals surface area contributed by atoms with Gasteiger partial charge >= 0.3 is 5.97 Å². The van der Waals surface area contributed by atoms with E-state index in [4.69, 9.17) is 9.84 Å². The molecule has 0 fully saturated rings. The lowest BCUT2D eigenvalue weighted by Gasteiger charge is -2.06. The second-order valence-corrected chi connectivity index (χ2v) is 3.85. The van der Waals surface area contributed by atoms with E-state index in [1.54, 1.807) is 24.3 Å². The van der Waals surface area contributed by atoms with Gasteiger partial charge in [-0.05, 0) is 12.1 Å². The van der Waals surface area contributed by atoms with E-state index in [0.717, 1.165) is 4.68 Å². The van der Waals surface area contributed by atoms with Crippen LogP contribution < -0.4 is 10.1 Å². The highest BCUT2D eigenvalue weighted by atomic mass is 16.5. The van der Waals surface area contributed by atoms with E-state index in [9.17, 15) is 9.59 Å². The average molecular weight is 276 g/mol. The van der Waals surface area contributed by atoms with E-state index in [1.807, 2.05) is 0 Å². The van der Waals surface area contributed by atoms with Crippen molar-refractivity contribution in [3.63, 3.8) is 0 Å². The molecular formula is C12H12N4O4. The summed E-state index contributed by atoms with van der Waals surface area (Å²) >= 11 is 0. The third-order valence-electron chi connectivity index (χ3n) is 2.43. The number of carbonyl (C=O) groups excluding carboxylic acids is 1. The third-order valence-corrected chi connectivity index (χ3v) is 2.43. The summed E-state index contributed by atoms with van der Waals surface area (Å²) in [5.41, 5.74) is 0.350. The number of para-hydroxylation sites is 1. The number of rotatable bonds is 5. The molecule has 0 aliphatic rings. The molecule has 0 bridgehead atoms. The summed E-state index contributed by atoms with van der Waals surface area (Å²) < 4.78 is 6.19. The topological polar surface area (TPSA) is 106 Å². The van der Waals surface area contributed by atoms with Gasteiger partial charge in [0.25, 0.3) is 5.91 Å². The fourth-order valence-electron chi connectivity index (χ4n) is 1.59. The number of ether oxygens (including phenoxy) is 1. The van der Waals surface area contributed by atoms with Crippen LogP contribution in [0.3, 0.4) is 0 Å². The van der Waals surface area contributed by atoms with E-state index in [2.05, 4.69) is 15.6 Å². The van der Waals surface area contributed by atoms with Crippen LogP contribution in [0, 0.1) is 0 Å². The number of carbonyl (C=O) groups is 2. The SMILES string of the molecule is COc1ccccc1C(=O)Nc1cn(CC(=O)O)nn1. The maximum Gasteiger partial charge on any atom is 0.325 e. The number of methoxy groups -OCH3 is 1. The Hall–Kier alpha value is -2.90. The Balaban J connectivity index is 2.11. The van der Waals surface area contributed by atoms with Gasteiger partial charge < -0.3 is 15.2 Å². The Kier molecular flexibility index (Phi) is 3.94. The molecule has 0 saturated carbocycles.